The molecule has 3 aliphatic rings. The van der Waals surface area contributed by atoms with E-state index in [1.165, 1.54) is 18.4 Å². The molecule has 0 N–H and O–H groups in total. The molecule has 5 heteroatoms. The smallest absolute Gasteiger partial charge is 0.320 e. The zero-order valence-electron chi connectivity index (χ0n) is 23.7. The molecular formula is C33H46N2O3. The summed E-state index contributed by atoms with van der Waals surface area (Å²) in [5.41, 5.74) is 2.79. The lowest BCUT2D eigenvalue weighted by Crippen LogP contribution is -2.54. The van der Waals surface area contributed by atoms with E-state index in [1.807, 2.05) is 12.1 Å². The second-order valence-electron chi connectivity index (χ2n) is 12.2. The average molecular weight is 519 g/mol. The topological polar surface area (TPSA) is 42.0 Å². The summed E-state index contributed by atoms with van der Waals surface area (Å²) in [7, 11) is 1.69. The lowest BCUT2D eigenvalue weighted by Gasteiger charge is -2.49. The van der Waals surface area contributed by atoms with Crippen molar-refractivity contribution in [2.45, 2.75) is 82.7 Å². The highest BCUT2D eigenvalue weighted by Crippen LogP contribution is 2.51. The lowest BCUT2D eigenvalue weighted by molar-refractivity contribution is 0.0302. The molecule has 2 heterocycles. The van der Waals surface area contributed by atoms with Gasteiger partial charge >= 0.3 is 6.03 Å². The SMILES string of the molecule is CCC(C)C[C@]1(c2ccccc2)CC[C@]2(CC1)CN(Cc1ccc(OC)cc1)C(=O)N2CC1CCOCC1. The van der Waals surface area contributed by atoms with Gasteiger partial charge in [0.2, 0.25) is 0 Å². The van der Waals surface area contributed by atoms with E-state index in [4.69, 9.17) is 9.47 Å². The van der Waals surface area contributed by atoms with Crippen LogP contribution in [0.15, 0.2) is 54.6 Å². The van der Waals surface area contributed by atoms with E-state index < -0.39 is 0 Å². The molecule has 0 aromatic heterocycles. The van der Waals surface area contributed by atoms with Crippen molar-refractivity contribution in [3.05, 3.63) is 65.7 Å². The second kappa shape index (κ2) is 11.7. The molecule has 5 rings (SSSR count). The molecule has 2 aromatic rings. The van der Waals surface area contributed by atoms with Gasteiger partial charge in [-0.15, -0.1) is 0 Å². The first-order chi connectivity index (χ1) is 18.5. The Labute approximate surface area is 229 Å². The van der Waals surface area contributed by atoms with Gasteiger partial charge in [-0.1, -0.05) is 62.7 Å². The predicted octanol–water partition coefficient (Wildman–Crippen LogP) is 7.05. The molecule has 2 amide bonds. The van der Waals surface area contributed by atoms with E-state index in [2.05, 4.69) is 66.1 Å². The van der Waals surface area contributed by atoms with Gasteiger partial charge in [0.05, 0.1) is 12.6 Å². The van der Waals surface area contributed by atoms with E-state index in [0.717, 1.165) is 76.1 Å². The van der Waals surface area contributed by atoms with E-state index >= 15 is 0 Å². The Balaban J connectivity index is 1.39. The molecule has 1 saturated carbocycles. The second-order valence-corrected chi connectivity index (χ2v) is 12.2. The summed E-state index contributed by atoms with van der Waals surface area (Å²) >= 11 is 0. The molecule has 0 bridgehead atoms. The van der Waals surface area contributed by atoms with Crippen molar-refractivity contribution in [2.75, 3.05) is 33.4 Å². The van der Waals surface area contributed by atoms with Gasteiger partial charge in [-0.25, -0.2) is 4.79 Å². The Kier molecular flexibility index (Phi) is 8.32. The van der Waals surface area contributed by atoms with Crippen LogP contribution in [0.4, 0.5) is 4.79 Å². The van der Waals surface area contributed by atoms with Gasteiger partial charge in [0.25, 0.3) is 0 Å². The summed E-state index contributed by atoms with van der Waals surface area (Å²) in [6.07, 6.45) is 9.00. The maximum Gasteiger partial charge on any atom is 0.320 e. The van der Waals surface area contributed by atoms with Gasteiger partial charge < -0.3 is 19.3 Å². The van der Waals surface area contributed by atoms with Crippen LogP contribution in [0.25, 0.3) is 0 Å². The number of amides is 2. The number of methoxy groups -OCH3 is 1. The van der Waals surface area contributed by atoms with Gasteiger partial charge in [-0.05, 0) is 85.5 Å². The Morgan fingerprint density at radius 1 is 1.00 bits per heavy atom. The van der Waals surface area contributed by atoms with Gasteiger partial charge in [-0.2, -0.15) is 0 Å². The van der Waals surface area contributed by atoms with Crippen molar-refractivity contribution < 1.29 is 14.3 Å². The predicted molar refractivity (Wildman–Crippen MR) is 152 cm³/mol. The molecule has 0 radical (unpaired) electrons. The van der Waals surface area contributed by atoms with E-state index in [-0.39, 0.29) is 17.0 Å². The third kappa shape index (κ3) is 5.59. The molecule has 1 aliphatic carbocycles. The van der Waals surface area contributed by atoms with Crippen LogP contribution in [0, 0.1) is 11.8 Å². The number of hydrogen-bond donors (Lipinski definition) is 0. The maximum absolute atomic E-state index is 14.0. The summed E-state index contributed by atoms with van der Waals surface area (Å²) in [6.45, 7) is 8.71. The van der Waals surface area contributed by atoms with Gasteiger partial charge in [0.15, 0.2) is 0 Å². The van der Waals surface area contributed by atoms with Crippen LogP contribution in [-0.4, -0.2) is 54.8 Å². The molecule has 38 heavy (non-hydrogen) atoms. The Hall–Kier alpha value is -2.53. The zero-order valence-corrected chi connectivity index (χ0v) is 23.7. The minimum Gasteiger partial charge on any atom is -0.497 e. The standard InChI is InChI=1S/C33H46N2O3/c1-4-26(2)22-32(29-8-6-5-7-9-29)16-18-33(19-17-32)25-34(23-27-10-12-30(37-3)13-11-27)31(36)35(33)24-28-14-20-38-21-15-28/h5-13,26,28H,4,14-25H2,1-3H3/t26?,32-,33-. The van der Waals surface area contributed by atoms with Crippen LogP contribution in [-0.2, 0) is 16.7 Å². The number of carbonyl (C=O) groups excluding carboxylic acids is 1. The normalized spacial score (nSPS) is 27.2. The number of nitrogens with zero attached hydrogens (tertiary/aromatic N) is 2. The minimum absolute atomic E-state index is 0.0738. The number of ether oxygens (including phenoxy) is 2. The highest BCUT2D eigenvalue weighted by molar-refractivity contribution is 5.78. The van der Waals surface area contributed by atoms with Crippen LogP contribution < -0.4 is 4.74 Å². The summed E-state index contributed by atoms with van der Waals surface area (Å²) in [4.78, 5) is 18.5. The summed E-state index contributed by atoms with van der Waals surface area (Å²) in [5, 5.41) is 0. The molecule has 5 nitrogen and oxygen atoms in total. The van der Waals surface area contributed by atoms with Crippen molar-refractivity contribution in [1.29, 1.82) is 0 Å². The minimum atomic E-state index is -0.0738. The molecule has 3 fully saturated rings. The third-order valence-corrected chi connectivity index (χ3v) is 9.83. The quantitative estimate of drug-likeness (QED) is 0.357. The van der Waals surface area contributed by atoms with Crippen molar-refractivity contribution >= 4 is 6.03 Å². The van der Waals surface area contributed by atoms with Crippen LogP contribution in [0.3, 0.4) is 0 Å². The highest BCUT2D eigenvalue weighted by Gasteiger charge is 2.54. The Morgan fingerprint density at radius 2 is 1.68 bits per heavy atom. The fraction of sp³-hybridized carbons (Fsp3) is 0.606. The van der Waals surface area contributed by atoms with Gasteiger partial charge in [0.1, 0.15) is 5.75 Å². The monoisotopic (exact) mass is 518 g/mol. The number of rotatable bonds is 9. The average Bonchev–Trinajstić information content (AvgIpc) is 3.21. The van der Waals surface area contributed by atoms with Gasteiger partial charge in [0, 0.05) is 32.8 Å². The number of urea groups is 1. The highest BCUT2D eigenvalue weighted by atomic mass is 16.5. The molecule has 206 valence electrons. The van der Waals surface area contributed by atoms with Crippen molar-refractivity contribution in [3.8, 4) is 5.75 Å². The summed E-state index contributed by atoms with van der Waals surface area (Å²) < 4.78 is 11.0. The molecule has 1 atom stereocenters. The summed E-state index contributed by atoms with van der Waals surface area (Å²) in [5.74, 6) is 2.08. The lowest BCUT2D eigenvalue weighted by atomic mass is 9.60. The first kappa shape index (κ1) is 27.1. The van der Waals surface area contributed by atoms with Gasteiger partial charge in [-0.3, -0.25) is 0 Å². The molecule has 1 spiro atoms. The van der Waals surface area contributed by atoms with E-state index in [0.29, 0.717) is 18.4 Å². The van der Waals surface area contributed by atoms with E-state index in [1.54, 1.807) is 7.11 Å². The van der Waals surface area contributed by atoms with Crippen molar-refractivity contribution in [3.63, 3.8) is 0 Å². The van der Waals surface area contributed by atoms with Crippen LogP contribution in [0.1, 0.15) is 76.3 Å². The first-order valence-corrected chi connectivity index (χ1v) is 14.8. The number of benzene rings is 2. The fourth-order valence-corrected chi connectivity index (χ4v) is 7.25. The van der Waals surface area contributed by atoms with Crippen molar-refractivity contribution in [2.24, 2.45) is 11.8 Å². The summed E-state index contributed by atoms with van der Waals surface area (Å²) in [6, 6.07) is 19.6. The van der Waals surface area contributed by atoms with Crippen LogP contribution in [0.5, 0.6) is 5.75 Å². The molecular weight excluding hydrogens is 472 g/mol. The third-order valence-electron chi connectivity index (χ3n) is 9.83. The Bertz CT molecular complexity index is 1040. The molecule has 1 unspecified atom stereocenters. The maximum atomic E-state index is 14.0. The van der Waals surface area contributed by atoms with E-state index in [9.17, 15) is 4.79 Å². The fourth-order valence-electron chi connectivity index (χ4n) is 7.25. The molecule has 2 saturated heterocycles. The van der Waals surface area contributed by atoms with Crippen LogP contribution >= 0.6 is 0 Å². The molecule has 2 aliphatic heterocycles. The number of carbonyl (C=O) groups is 1. The Morgan fingerprint density at radius 3 is 2.32 bits per heavy atom. The first-order valence-electron chi connectivity index (χ1n) is 14.8. The van der Waals surface area contributed by atoms with Crippen LogP contribution in [0.2, 0.25) is 0 Å². The number of hydrogen-bond acceptors (Lipinski definition) is 3. The largest absolute Gasteiger partial charge is 0.497 e. The van der Waals surface area contributed by atoms with Crippen molar-refractivity contribution in [1.82, 2.24) is 9.80 Å². The zero-order chi connectivity index (χ0) is 26.6. The molecule has 2 aromatic carbocycles.